The van der Waals surface area contributed by atoms with Gasteiger partial charge in [0.2, 0.25) is 0 Å². The second-order valence-electron chi connectivity index (χ2n) is 5.77. The average molecular weight is 331 g/mol. The molecule has 1 N–H and O–H groups in total. The maximum absolute atomic E-state index is 8.42. The fourth-order valence-electron chi connectivity index (χ4n) is 2.66. The molecule has 0 bridgehead atoms. The molecule has 0 saturated heterocycles. The van der Waals surface area contributed by atoms with Gasteiger partial charge in [-0.2, -0.15) is 0 Å². The summed E-state index contributed by atoms with van der Waals surface area (Å²) in [6.07, 6.45) is 0.520. The summed E-state index contributed by atoms with van der Waals surface area (Å²) in [5, 5.41) is 8.42. The Hall–Kier alpha value is -3.07. The minimum atomic E-state index is 0.518. The first kappa shape index (κ1) is 16.8. The molecule has 25 heavy (non-hydrogen) atoms. The first-order chi connectivity index (χ1) is 12.3. The predicted octanol–water partition coefficient (Wildman–Crippen LogP) is 4.88. The fourth-order valence-corrected chi connectivity index (χ4v) is 2.66. The Balaban J connectivity index is 1.69. The van der Waals surface area contributed by atoms with E-state index in [1.165, 1.54) is 0 Å². The molecule has 0 unspecified atom stereocenters. The van der Waals surface area contributed by atoms with Gasteiger partial charge in [0.1, 0.15) is 18.1 Å². The van der Waals surface area contributed by atoms with Crippen LogP contribution < -0.4 is 9.47 Å². The summed E-state index contributed by atoms with van der Waals surface area (Å²) >= 11 is 0. The Morgan fingerprint density at radius 3 is 2.44 bits per heavy atom. The van der Waals surface area contributed by atoms with Gasteiger partial charge in [-0.15, -0.1) is 0 Å². The van der Waals surface area contributed by atoms with Crippen LogP contribution >= 0.6 is 0 Å². The SMILES string of the molecule is COc1ccccc1CC(=N)c1cccc(OCc2ccccc2)c1. The molecule has 0 amide bonds. The Bertz CT molecular complexity index is 843. The number of para-hydroxylation sites is 1. The minimum Gasteiger partial charge on any atom is -0.496 e. The van der Waals surface area contributed by atoms with Gasteiger partial charge in [-0.25, -0.2) is 0 Å². The first-order valence-corrected chi connectivity index (χ1v) is 8.23. The van der Waals surface area contributed by atoms with Crippen molar-refractivity contribution in [2.45, 2.75) is 13.0 Å². The lowest BCUT2D eigenvalue weighted by Gasteiger charge is -2.11. The lowest BCUT2D eigenvalue weighted by atomic mass is 10.0. The molecule has 0 aliphatic carbocycles. The zero-order valence-corrected chi connectivity index (χ0v) is 14.2. The average Bonchev–Trinajstić information content (AvgIpc) is 2.68. The zero-order valence-electron chi connectivity index (χ0n) is 14.2. The number of nitrogens with one attached hydrogen (secondary N) is 1. The molecule has 0 aliphatic heterocycles. The molecule has 126 valence electrons. The second-order valence-corrected chi connectivity index (χ2v) is 5.77. The number of benzene rings is 3. The maximum Gasteiger partial charge on any atom is 0.122 e. The molecular formula is C22H21NO2. The highest BCUT2D eigenvalue weighted by atomic mass is 16.5. The highest BCUT2D eigenvalue weighted by Gasteiger charge is 2.08. The van der Waals surface area contributed by atoms with Crippen molar-refractivity contribution in [2.75, 3.05) is 7.11 Å². The Kier molecular flexibility index (Phi) is 5.47. The summed E-state index contributed by atoms with van der Waals surface area (Å²) < 4.78 is 11.2. The molecule has 0 aliphatic rings. The van der Waals surface area contributed by atoms with Gasteiger partial charge in [0.25, 0.3) is 0 Å². The smallest absolute Gasteiger partial charge is 0.122 e. The Labute approximate surface area is 148 Å². The van der Waals surface area contributed by atoms with E-state index in [2.05, 4.69) is 0 Å². The second kappa shape index (κ2) is 8.15. The summed E-state index contributed by atoms with van der Waals surface area (Å²) in [7, 11) is 1.65. The number of rotatable bonds is 7. The van der Waals surface area contributed by atoms with Gasteiger partial charge in [0.15, 0.2) is 0 Å². The molecule has 0 heterocycles. The van der Waals surface area contributed by atoms with Gasteiger partial charge < -0.3 is 14.9 Å². The number of ether oxygens (including phenoxy) is 2. The topological polar surface area (TPSA) is 42.3 Å². The van der Waals surface area contributed by atoms with E-state index in [0.717, 1.165) is 28.2 Å². The molecule has 0 aromatic heterocycles. The predicted molar refractivity (Wildman–Crippen MR) is 101 cm³/mol. The third-order valence-corrected chi connectivity index (χ3v) is 3.99. The van der Waals surface area contributed by atoms with E-state index in [4.69, 9.17) is 14.9 Å². The molecule has 3 aromatic rings. The Morgan fingerprint density at radius 1 is 0.880 bits per heavy atom. The van der Waals surface area contributed by atoms with Gasteiger partial charge in [-0.3, -0.25) is 0 Å². The standard InChI is InChI=1S/C22H21NO2/c1-24-22-13-6-5-10-19(22)15-21(23)18-11-7-12-20(14-18)25-16-17-8-3-2-4-9-17/h2-14,23H,15-16H2,1H3. The van der Waals surface area contributed by atoms with E-state index in [0.29, 0.717) is 18.7 Å². The summed E-state index contributed by atoms with van der Waals surface area (Å²) in [5.74, 6) is 1.58. The molecule has 3 heteroatoms. The monoisotopic (exact) mass is 331 g/mol. The van der Waals surface area contributed by atoms with Crippen molar-refractivity contribution in [3.8, 4) is 11.5 Å². The van der Waals surface area contributed by atoms with Crippen LogP contribution in [0.2, 0.25) is 0 Å². The van der Waals surface area contributed by atoms with Gasteiger partial charge in [-0.1, -0.05) is 60.7 Å². The number of hydrogen-bond donors (Lipinski definition) is 1. The van der Waals surface area contributed by atoms with Gasteiger partial charge in [-0.05, 0) is 29.3 Å². The van der Waals surface area contributed by atoms with Crippen LogP contribution in [-0.4, -0.2) is 12.8 Å². The van der Waals surface area contributed by atoms with E-state index >= 15 is 0 Å². The van der Waals surface area contributed by atoms with Crippen LogP contribution in [0, 0.1) is 5.41 Å². The Morgan fingerprint density at radius 2 is 1.64 bits per heavy atom. The molecule has 0 radical (unpaired) electrons. The third kappa shape index (κ3) is 4.48. The van der Waals surface area contributed by atoms with Gasteiger partial charge in [0.05, 0.1) is 7.11 Å². The van der Waals surface area contributed by atoms with Crippen LogP contribution in [0.5, 0.6) is 11.5 Å². The molecule has 0 atom stereocenters. The molecule has 3 nitrogen and oxygen atoms in total. The minimum absolute atomic E-state index is 0.518. The van der Waals surface area contributed by atoms with Gasteiger partial charge in [0, 0.05) is 17.7 Å². The molecule has 0 fully saturated rings. The summed E-state index contributed by atoms with van der Waals surface area (Å²) in [6.45, 7) is 0.518. The highest BCUT2D eigenvalue weighted by molar-refractivity contribution is 6.00. The van der Waals surface area contributed by atoms with Crippen molar-refractivity contribution in [1.29, 1.82) is 5.41 Å². The summed E-state index contributed by atoms with van der Waals surface area (Å²) in [4.78, 5) is 0. The maximum atomic E-state index is 8.42. The van der Waals surface area contributed by atoms with Crippen LogP contribution in [0.15, 0.2) is 78.9 Å². The molecular weight excluding hydrogens is 310 g/mol. The number of methoxy groups -OCH3 is 1. The molecule has 3 aromatic carbocycles. The highest BCUT2D eigenvalue weighted by Crippen LogP contribution is 2.21. The molecule has 0 spiro atoms. The largest absolute Gasteiger partial charge is 0.496 e. The third-order valence-electron chi connectivity index (χ3n) is 3.99. The zero-order chi connectivity index (χ0) is 17.5. The first-order valence-electron chi connectivity index (χ1n) is 8.23. The van der Waals surface area contributed by atoms with E-state index in [9.17, 15) is 0 Å². The molecule has 3 rings (SSSR count). The van der Waals surface area contributed by atoms with Crippen molar-refractivity contribution >= 4 is 5.71 Å². The van der Waals surface area contributed by atoms with Crippen molar-refractivity contribution in [1.82, 2.24) is 0 Å². The van der Waals surface area contributed by atoms with Crippen molar-refractivity contribution < 1.29 is 9.47 Å². The van der Waals surface area contributed by atoms with Crippen LogP contribution in [-0.2, 0) is 13.0 Å². The normalized spacial score (nSPS) is 10.3. The van der Waals surface area contributed by atoms with Crippen LogP contribution in [0.25, 0.3) is 0 Å². The van der Waals surface area contributed by atoms with E-state index < -0.39 is 0 Å². The van der Waals surface area contributed by atoms with Crippen molar-refractivity contribution in [3.05, 3.63) is 95.6 Å². The quantitative estimate of drug-likeness (QED) is 0.627. The van der Waals surface area contributed by atoms with Crippen LogP contribution in [0.1, 0.15) is 16.7 Å². The van der Waals surface area contributed by atoms with Crippen molar-refractivity contribution in [2.24, 2.45) is 0 Å². The van der Waals surface area contributed by atoms with Crippen LogP contribution in [0.3, 0.4) is 0 Å². The number of hydrogen-bond acceptors (Lipinski definition) is 3. The van der Waals surface area contributed by atoms with E-state index in [1.807, 2.05) is 78.9 Å². The van der Waals surface area contributed by atoms with Crippen LogP contribution in [0.4, 0.5) is 0 Å². The lowest BCUT2D eigenvalue weighted by Crippen LogP contribution is -2.05. The lowest BCUT2D eigenvalue weighted by molar-refractivity contribution is 0.306. The summed E-state index contributed by atoms with van der Waals surface area (Å²) in [5.41, 5.74) is 3.52. The van der Waals surface area contributed by atoms with Gasteiger partial charge >= 0.3 is 0 Å². The molecule has 0 saturated carbocycles. The van der Waals surface area contributed by atoms with E-state index in [-0.39, 0.29) is 0 Å². The van der Waals surface area contributed by atoms with Crippen molar-refractivity contribution in [3.63, 3.8) is 0 Å². The van der Waals surface area contributed by atoms with E-state index in [1.54, 1.807) is 7.11 Å². The fraction of sp³-hybridized carbons (Fsp3) is 0.136. The summed E-state index contributed by atoms with van der Waals surface area (Å²) in [6, 6.07) is 25.6.